The Morgan fingerprint density at radius 3 is 2.50 bits per heavy atom. The minimum Gasteiger partial charge on any atom is -0.481 e. The van der Waals surface area contributed by atoms with Gasteiger partial charge in [-0.3, -0.25) is 14.4 Å². The molecule has 2 amide bonds. The molecule has 4 rings (SSSR count). The van der Waals surface area contributed by atoms with Crippen molar-refractivity contribution in [2.75, 3.05) is 17.2 Å². The van der Waals surface area contributed by atoms with Gasteiger partial charge in [0.25, 0.3) is 5.91 Å². The van der Waals surface area contributed by atoms with E-state index in [2.05, 4.69) is 10.6 Å². The molecule has 1 unspecified atom stereocenters. The van der Waals surface area contributed by atoms with Crippen LogP contribution in [0.3, 0.4) is 0 Å². The summed E-state index contributed by atoms with van der Waals surface area (Å²) in [5.74, 6) is -1.61. The first-order valence-corrected chi connectivity index (χ1v) is 11.2. The zero-order valence-electron chi connectivity index (χ0n) is 19.0. The molecule has 0 fully saturated rings. The monoisotopic (exact) mass is 457 g/mol. The van der Waals surface area contributed by atoms with Gasteiger partial charge in [-0.05, 0) is 48.7 Å². The van der Waals surface area contributed by atoms with Crippen LogP contribution in [0.1, 0.15) is 33.5 Å². The fourth-order valence-electron chi connectivity index (χ4n) is 3.99. The van der Waals surface area contributed by atoms with Crippen molar-refractivity contribution in [3.63, 3.8) is 0 Å². The summed E-state index contributed by atoms with van der Waals surface area (Å²) in [4.78, 5) is 39.1. The Kier molecular flexibility index (Phi) is 6.92. The molecule has 1 heterocycles. The maximum absolute atomic E-state index is 13.2. The van der Waals surface area contributed by atoms with E-state index < -0.39 is 12.0 Å². The van der Waals surface area contributed by atoms with Crippen LogP contribution in [0.5, 0.6) is 0 Å². The number of carboxylic acid groups (broad SMARTS) is 1. The summed E-state index contributed by atoms with van der Waals surface area (Å²) in [6.45, 7) is 2.78. The molecule has 1 atom stereocenters. The summed E-state index contributed by atoms with van der Waals surface area (Å²) in [7, 11) is 0. The van der Waals surface area contributed by atoms with Crippen LogP contribution >= 0.6 is 0 Å². The van der Waals surface area contributed by atoms with Gasteiger partial charge in [0.2, 0.25) is 5.91 Å². The third-order valence-electron chi connectivity index (χ3n) is 5.87. The molecule has 1 aliphatic heterocycles. The molecule has 34 heavy (non-hydrogen) atoms. The molecule has 0 bridgehead atoms. The highest BCUT2D eigenvalue weighted by atomic mass is 16.4. The highest BCUT2D eigenvalue weighted by molar-refractivity contribution is 6.05. The second-order valence-electron chi connectivity index (χ2n) is 8.48. The maximum atomic E-state index is 13.2. The number of nitrogens with one attached hydrogen (secondary N) is 2. The molecule has 7 nitrogen and oxygen atoms in total. The maximum Gasteiger partial charge on any atom is 0.305 e. The number of carbonyl (C=O) groups is 3. The first kappa shape index (κ1) is 23.0. The summed E-state index contributed by atoms with van der Waals surface area (Å²) in [6, 6.07) is 21.7. The number of anilines is 2. The number of carboxylic acids is 1. The van der Waals surface area contributed by atoms with Crippen LogP contribution in [0, 0.1) is 6.92 Å². The Bertz CT molecular complexity index is 1190. The largest absolute Gasteiger partial charge is 0.481 e. The van der Waals surface area contributed by atoms with E-state index in [-0.39, 0.29) is 18.2 Å². The molecule has 0 radical (unpaired) electrons. The summed E-state index contributed by atoms with van der Waals surface area (Å²) >= 11 is 0. The number of fused-ring (bicyclic) bond motifs is 1. The Hall–Kier alpha value is -4.13. The summed E-state index contributed by atoms with van der Waals surface area (Å²) in [6.07, 6.45) is 0.318. The van der Waals surface area contributed by atoms with Crippen LogP contribution in [0.25, 0.3) is 0 Å². The molecule has 0 saturated carbocycles. The predicted octanol–water partition coefficient (Wildman–Crippen LogP) is 4.09. The van der Waals surface area contributed by atoms with Gasteiger partial charge in [0, 0.05) is 30.0 Å². The fourth-order valence-corrected chi connectivity index (χ4v) is 3.99. The van der Waals surface area contributed by atoms with Gasteiger partial charge in [-0.25, -0.2) is 0 Å². The van der Waals surface area contributed by atoms with Crippen molar-refractivity contribution in [3.05, 3.63) is 95.1 Å². The van der Waals surface area contributed by atoms with Crippen LogP contribution in [0.2, 0.25) is 0 Å². The molecule has 3 aromatic carbocycles. The lowest BCUT2D eigenvalue weighted by Crippen LogP contribution is -2.42. The first-order chi connectivity index (χ1) is 16.4. The Morgan fingerprint density at radius 1 is 1.06 bits per heavy atom. The van der Waals surface area contributed by atoms with E-state index in [4.69, 9.17) is 0 Å². The van der Waals surface area contributed by atoms with Crippen molar-refractivity contribution >= 4 is 29.2 Å². The molecule has 0 spiro atoms. The number of rotatable bonds is 7. The zero-order valence-corrected chi connectivity index (χ0v) is 19.0. The van der Waals surface area contributed by atoms with Crippen molar-refractivity contribution in [2.24, 2.45) is 0 Å². The summed E-state index contributed by atoms with van der Waals surface area (Å²) in [5.41, 5.74) is 4.74. The molecule has 3 aromatic rings. The molecule has 0 aliphatic carbocycles. The second kappa shape index (κ2) is 10.2. The van der Waals surface area contributed by atoms with Crippen LogP contribution in [-0.2, 0) is 22.6 Å². The average Bonchev–Trinajstić information content (AvgIpc) is 2.95. The highest BCUT2D eigenvalue weighted by Crippen LogP contribution is 2.26. The van der Waals surface area contributed by atoms with Crippen molar-refractivity contribution in [3.8, 4) is 0 Å². The molecule has 0 saturated heterocycles. The van der Waals surface area contributed by atoms with E-state index in [1.54, 1.807) is 17.0 Å². The van der Waals surface area contributed by atoms with Gasteiger partial charge in [-0.15, -0.1) is 0 Å². The summed E-state index contributed by atoms with van der Waals surface area (Å²) in [5, 5.41) is 15.3. The van der Waals surface area contributed by atoms with E-state index in [1.807, 2.05) is 67.6 Å². The number of aryl methyl sites for hydroxylation is 1. The number of benzene rings is 3. The number of nitrogens with zero attached hydrogens (tertiary/aromatic N) is 1. The molecular formula is C27H27N3O4. The molecule has 7 heteroatoms. The molecule has 3 N–H and O–H groups in total. The minimum absolute atomic E-state index is 0.264. The van der Waals surface area contributed by atoms with Gasteiger partial charge >= 0.3 is 5.97 Å². The molecule has 174 valence electrons. The van der Waals surface area contributed by atoms with Crippen LogP contribution in [0.15, 0.2) is 72.8 Å². The standard InChI is InChI=1S/C27H27N3O4/c1-18-7-11-22(12-8-18)28-26(33)20-9-10-21-17-30(14-13-19-5-3-2-4-6-19)27(34)24(16-25(31)32)29-23(21)15-20/h2-12,15,24,29H,13-14,16-17H2,1H3,(H,28,33)(H,31,32). The number of hydrogen-bond donors (Lipinski definition) is 3. The third kappa shape index (κ3) is 5.61. The van der Waals surface area contributed by atoms with Crippen LogP contribution in [0.4, 0.5) is 11.4 Å². The van der Waals surface area contributed by atoms with Crippen molar-refractivity contribution in [2.45, 2.75) is 32.4 Å². The SMILES string of the molecule is Cc1ccc(NC(=O)c2ccc3c(c2)NC(CC(=O)O)C(=O)N(CCc2ccccc2)C3)cc1. The highest BCUT2D eigenvalue weighted by Gasteiger charge is 2.31. The van der Waals surface area contributed by atoms with Crippen molar-refractivity contribution in [1.82, 2.24) is 4.90 Å². The smallest absolute Gasteiger partial charge is 0.305 e. The molecular weight excluding hydrogens is 430 g/mol. The van der Waals surface area contributed by atoms with Crippen LogP contribution < -0.4 is 10.6 Å². The number of hydrogen-bond acceptors (Lipinski definition) is 4. The van der Waals surface area contributed by atoms with E-state index in [9.17, 15) is 19.5 Å². The Balaban J connectivity index is 1.56. The number of amides is 2. The van der Waals surface area contributed by atoms with Crippen molar-refractivity contribution < 1.29 is 19.5 Å². The lowest BCUT2D eigenvalue weighted by atomic mass is 10.1. The predicted molar refractivity (Wildman–Crippen MR) is 131 cm³/mol. The molecule has 0 aromatic heterocycles. The van der Waals surface area contributed by atoms with Crippen molar-refractivity contribution in [1.29, 1.82) is 0 Å². The lowest BCUT2D eigenvalue weighted by Gasteiger charge is -2.24. The first-order valence-electron chi connectivity index (χ1n) is 11.2. The second-order valence-corrected chi connectivity index (χ2v) is 8.48. The van der Waals surface area contributed by atoms with Gasteiger partial charge in [0.15, 0.2) is 0 Å². The van der Waals surface area contributed by atoms with Crippen LogP contribution in [-0.4, -0.2) is 40.4 Å². The number of aliphatic carboxylic acids is 1. The zero-order chi connectivity index (χ0) is 24.1. The topological polar surface area (TPSA) is 98.7 Å². The summed E-state index contributed by atoms with van der Waals surface area (Å²) < 4.78 is 0. The molecule has 1 aliphatic rings. The lowest BCUT2D eigenvalue weighted by molar-refractivity contribution is -0.141. The average molecular weight is 458 g/mol. The van der Waals surface area contributed by atoms with Gasteiger partial charge in [-0.2, -0.15) is 0 Å². The van der Waals surface area contributed by atoms with Gasteiger partial charge in [0.05, 0.1) is 6.42 Å². The Morgan fingerprint density at radius 2 is 1.79 bits per heavy atom. The van der Waals surface area contributed by atoms with E-state index >= 15 is 0 Å². The van der Waals surface area contributed by atoms with Gasteiger partial charge in [0.1, 0.15) is 6.04 Å². The van der Waals surface area contributed by atoms with Gasteiger partial charge < -0.3 is 20.6 Å². The third-order valence-corrected chi connectivity index (χ3v) is 5.87. The normalized spacial score (nSPS) is 15.1. The quantitative estimate of drug-likeness (QED) is 0.496. The minimum atomic E-state index is -1.06. The Labute approximate surface area is 198 Å². The van der Waals surface area contributed by atoms with E-state index in [0.29, 0.717) is 36.4 Å². The van der Waals surface area contributed by atoms with E-state index in [1.165, 1.54) is 0 Å². The fraction of sp³-hybridized carbons (Fsp3) is 0.222. The van der Waals surface area contributed by atoms with Gasteiger partial charge in [-0.1, -0.05) is 54.1 Å². The van der Waals surface area contributed by atoms with E-state index in [0.717, 1.165) is 16.7 Å². The number of carbonyl (C=O) groups excluding carboxylic acids is 2.